The monoisotopic (exact) mass is 262 g/mol. The number of hydrogen-bond donors (Lipinski definition) is 0. The minimum absolute atomic E-state index is 0.404. The molecule has 2 rings (SSSR count). The Balaban J connectivity index is 0.000000218. The predicted molar refractivity (Wildman–Crippen MR) is 84.6 cm³/mol. The molecule has 1 aliphatic heterocycles. The van der Waals surface area contributed by atoms with Crippen molar-refractivity contribution in [3.05, 3.63) is 35.9 Å². The lowest BCUT2D eigenvalue weighted by molar-refractivity contribution is 0.0598. The minimum atomic E-state index is 0.404. The van der Waals surface area contributed by atoms with E-state index in [4.69, 9.17) is 0 Å². The topological polar surface area (TPSA) is 6.48 Å². The van der Waals surface area contributed by atoms with E-state index in [2.05, 4.69) is 56.7 Å². The summed E-state index contributed by atoms with van der Waals surface area (Å²) in [6, 6.07) is 10.3. The van der Waals surface area contributed by atoms with Crippen molar-refractivity contribution in [3.8, 4) is 0 Å². The van der Waals surface area contributed by atoms with Crippen LogP contribution in [0.1, 0.15) is 32.8 Å². The number of rotatable bonds is 2. The van der Waals surface area contributed by atoms with E-state index in [1.165, 1.54) is 38.2 Å². The third-order valence-corrected chi connectivity index (χ3v) is 4.17. The molecule has 1 aromatic carbocycles. The SMILES string of the molecule is CCC(C)(C)N1CCN(C)CC1.Cc1ccccc1. The summed E-state index contributed by atoms with van der Waals surface area (Å²) in [6.45, 7) is 14.0. The summed E-state index contributed by atoms with van der Waals surface area (Å²) in [5, 5.41) is 0. The van der Waals surface area contributed by atoms with Gasteiger partial charge in [-0.25, -0.2) is 0 Å². The highest BCUT2D eigenvalue weighted by molar-refractivity contribution is 5.11. The van der Waals surface area contributed by atoms with Gasteiger partial charge < -0.3 is 4.90 Å². The van der Waals surface area contributed by atoms with Crippen LogP contribution in [-0.2, 0) is 0 Å². The smallest absolute Gasteiger partial charge is 0.0151 e. The predicted octanol–water partition coefficient (Wildman–Crippen LogP) is 3.42. The van der Waals surface area contributed by atoms with E-state index in [1.54, 1.807) is 0 Å². The Bertz CT molecular complexity index is 338. The molecule has 1 fully saturated rings. The summed E-state index contributed by atoms with van der Waals surface area (Å²) in [6.07, 6.45) is 1.25. The fourth-order valence-electron chi connectivity index (χ4n) is 2.17. The molecule has 0 spiro atoms. The van der Waals surface area contributed by atoms with Gasteiger partial charge in [-0.1, -0.05) is 42.8 Å². The van der Waals surface area contributed by atoms with Crippen molar-refractivity contribution in [1.29, 1.82) is 0 Å². The fourth-order valence-corrected chi connectivity index (χ4v) is 2.17. The third kappa shape index (κ3) is 5.75. The van der Waals surface area contributed by atoms with Gasteiger partial charge in [0.25, 0.3) is 0 Å². The molecular weight excluding hydrogens is 232 g/mol. The van der Waals surface area contributed by atoms with E-state index in [0.717, 1.165) is 0 Å². The van der Waals surface area contributed by atoms with Gasteiger partial charge in [-0.05, 0) is 34.2 Å². The summed E-state index contributed by atoms with van der Waals surface area (Å²) in [5.74, 6) is 0. The molecule has 1 aliphatic rings. The van der Waals surface area contributed by atoms with Gasteiger partial charge in [0, 0.05) is 31.7 Å². The zero-order valence-electron chi connectivity index (χ0n) is 13.3. The third-order valence-electron chi connectivity index (χ3n) is 4.17. The van der Waals surface area contributed by atoms with Gasteiger partial charge in [0.15, 0.2) is 0 Å². The average molecular weight is 262 g/mol. The Hall–Kier alpha value is -0.860. The number of piperazine rings is 1. The highest BCUT2D eigenvalue weighted by Crippen LogP contribution is 2.19. The zero-order chi connectivity index (χ0) is 14.3. The summed E-state index contributed by atoms with van der Waals surface area (Å²) >= 11 is 0. The lowest BCUT2D eigenvalue weighted by Crippen LogP contribution is -2.53. The van der Waals surface area contributed by atoms with Gasteiger partial charge in [-0.15, -0.1) is 0 Å². The van der Waals surface area contributed by atoms with Crippen LogP contribution < -0.4 is 0 Å². The molecule has 1 aromatic rings. The van der Waals surface area contributed by atoms with Crippen LogP contribution in [0.4, 0.5) is 0 Å². The first-order valence-electron chi connectivity index (χ1n) is 7.41. The van der Waals surface area contributed by atoms with Crippen molar-refractivity contribution in [2.75, 3.05) is 33.2 Å². The number of benzene rings is 1. The highest BCUT2D eigenvalue weighted by Gasteiger charge is 2.26. The molecule has 0 saturated carbocycles. The van der Waals surface area contributed by atoms with Gasteiger partial charge in [0.2, 0.25) is 0 Å². The van der Waals surface area contributed by atoms with Crippen LogP contribution in [0.3, 0.4) is 0 Å². The van der Waals surface area contributed by atoms with Crippen LogP contribution >= 0.6 is 0 Å². The van der Waals surface area contributed by atoms with Crippen molar-refractivity contribution < 1.29 is 0 Å². The number of hydrogen-bond acceptors (Lipinski definition) is 2. The summed E-state index contributed by atoms with van der Waals surface area (Å²) < 4.78 is 0. The number of likely N-dealkylation sites (N-methyl/N-ethyl adjacent to an activating group) is 1. The quantitative estimate of drug-likeness (QED) is 0.806. The number of aryl methyl sites for hydroxylation is 1. The van der Waals surface area contributed by atoms with Gasteiger partial charge in [0.05, 0.1) is 0 Å². The van der Waals surface area contributed by atoms with E-state index in [-0.39, 0.29) is 0 Å². The van der Waals surface area contributed by atoms with E-state index in [1.807, 2.05) is 18.2 Å². The molecule has 1 heterocycles. The highest BCUT2D eigenvalue weighted by atomic mass is 15.3. The molecule has 0 unspecified atom stereocenters. The second-order valence-corrected chi connectivity index (χ2v) is 6.11. The average Bonchev–Trinajstić information content (AvgIpc) is 2.41. The lowest BCUT2D eigenvalue weighted by Gasteiger charge is -2.42. The van der Waals surface area contributed by atoms with Crippen LogP contribution in [-0.4, -0.2) is 48.6 Å². The van der Waals surface area contributed by atoms with Crippen molar-refractivity contribution in [2.45, 2.75) is 39.7 Å². The first-order chi connectivity index (χ1) is 8.95. The maximum absolute atomic E-state index is 2.60. The van der Waals surface area contributed by atoms with Crippen LogP contribution in [0.2, 0.25) is 0 Å². The molecular formula is C17H30N2. The number of nitrogens with zero attached hydrogens (tertiary/aromatic N) is 2. The maximum atomic E-state index is 2.60. The van der Waals surface area contributed by atoms with Crippen LogP contribution in [0, 0.1) is 6.92 Å². The van der Waals surface area contributed by atoms with E-state index < -0.39 is 0 Å². The lowest BCUT2D eigenvalue weighted by atomic mass is 9.98. The van der Waals surface area contributed by atoms with Crippen molar-refractivity contribution in [1.82, 2.24) is 9.80 Å². The second kappa shape index (κ2) is 7.66. The van der Waals surface area contributed by atoms with Gasteiger partial charge in [-0.3, -0.25) is 4.90 Å². The van der Waals surface area contributed by atoms with Crippen LogP contribution in [0.25, 0.3) is 0 Å². The Kier molecular flexibility index (Phi) is 6.53. The summed E-state index contributed by atoms with van der Waals surface area (Å²) in [5.41, 5.74) is 1.73. The molecule has 0 bridgehead atoms. The van der Waals surface area contributed by atoms with Crippen LogP contribution in [0.15, 0.2) is 30.3 Å². The molecule has 0 aliphatic carbocycles. The zero-order valence-corrected chi connectivity index (χ0v) is 13.3. The van der Waals surface area contributed by atoms with E-state index in [9.17, 15) is 0 Å². The standard InChI is InChI=1S/C10H22N2.C7H8/c1-5-10(2,3)12-8-6-11(4)7-9-12;1-7-5-3-2-4-6-7/h5-9H2,1-4H3;2-6H,1H3. The minimum Gasteiger partial charge on any atom is -0.304 e. The first kappa shape index (κ1) is 16.2. The molecule has 0 atom stereocenters. The van der Waals surface area contributed by atoms with E-state index in [0.29, 0.717) is 5.54 Å². The Morgan fingerprint density at radius 3 is 1.89 bits per heavy atom. The molecule has 0 aromatic heterocycles. The molecule has 0 N–H and O–H groups in total. The van der Waals surface area contributed by atoms with Gasteiger partial charge in [-0.2, -0.15) is 0 Å². The second-order valence-electron chi connectivity index (χ2n) is 6.11. The molecule has 2 nitrogen and oxygen atoms in total. The normalized spacial score (nSPS) is 17.7. The van der Waals surface area contributed by atoms with Gasteiger partial charge in [0.1, 0.15) is 0 Å². The molecule has 19 heavy (non-hydrogen) atoms. The molecule has 0 amide bonds. The first-order valence-corrected chi connectivity index (χ1v) is 7.41. The molecule has 0 radical (unpaired) electrons. The maximum Gasteiger partial charge on any atom is 0.0151 e. The van der Waals surface area contributed by atoms with E-state index >= 15 is 0 Å². The molecule has 2 heteroatoms. The Morgan fingerprint density at radius 2 is 1.53 bits per heavy atom. The van der Waals surface area contributed by atoms with Crippen molar-refractivity contribution in [2.24, 2.45) is 0 Å². The summed E-state index contributed by atoms with van der Waals surface area (Å²) in [4.78, 5) is 5.01. The van der Waals surface area contributed by atoms with Gasteiger partial charge >= 0.3 is 0 Å². The van der Waals surface area contributed by atoms with Crippen molar-refractivity contribution >= 4 is 0 Å². The Morgan fingerprint density at radius 1 is 1.00 bits per heavy atom. The molecule has 108 valence electrons. The van der Waals surface area contributed by atoms with Crippen LogP contribution in [0.5, 0.6) is 0 Å². The summed E-state index contributed by atoms with van der Waals surface area (Å²) in [7, 11) is 2.20. The largest absolute Gasteiger partial charge is 0.304 e. The van der Waals surface area contributed by atoms with Crippen molar-refractivity contribution in [3.63, 3.8) is 0 Å². The fraction of sp³-hybridized carbons (Fsp3) is 0.647. The Labute approximate surface area is 119 Å². The molecule has 1 saturated heterocycles.